The molecule has 0 saturated carbocycles. The number of aromatic nitrogens is 2. The number of hydrogen-bond donors (Lipinski definition) is 0. The summed E-state index contributed by atoms with van der Waals surface area (Å²) >= 11 is 12.3. The van der Waals surface area contributed by atoms with Crippen LogP contribution in [0.1, 0.15) is 24.4 Å². The highest BCUT2D eigenvalue weighted by atomic mass is 35.5. The van der Waals surface area contributed by atoms with Gasteiger partial charge in [-0.15, -0.1) is 0 Å². The quantitative estimate of drug-likeness (QED) is 0.613. The van der Waals surface area contributed by atoms with Gasteiger partial charge in [0, 0.05) is 18.2 Å². The molecule has 3 aromatic rings. The number of halogens is 2. The van der Waals surface area contributed by atoms with Crippen molar-refractivity contribution in [3.63, 3.8) is 0 Å². The van der Waals surface area contributed by atoms with Crippen LogP contribution in [0, 0.1) is 0 Å². The van der Waals surface area contributed by atoms with Crippen molar-refractivity contribution in [2.75, 3.05) is 17.7 Å². The molecule has 4 rings (SSSR count). The summed E-state index contributed by atoms with van der Waals surface area (Å²) < 4.78 is 24.0. The van der Waals surface area contributed by atoms with Gasteiger partial charge in [-0.1, -0.05) is 29.3 Å². The van der Waals surface area contributed by atoms with E-state index in [4.69, 9.17) is 23.2 Å². The maximum Gasteiger partial charge on any atom is 0.175 e. The SMILES string of the molecule is CS(=O)(=O)c1ccc2ncnc(N3CCCC3c3ccc(Cl)c(Cl)c3)c2c1. The Morgan fingerprint density at radius 3 is 2.63 bits per heavy atom. The van der Waals surface area contributed by atoms with E-state index in [1.165, 1.54) is 12.6 Å². The monoisotopic (exact) mass is 421 g/mol. The van der Waals surface area contributed by atoms with Crippen LogP contribution in [-0.4, -0.2) is 31.2 Å². The van der Waals surface area contributed by atoms with Gasteiger partial charge in [0.2, 0.25) is 0 Å². The Labute approximate surface area is 167 Å². The summed E-state index contributed by atoms with van der Waals surface area (Å²) in [6.07, 6.45) is 4.67. The van der Waals surface area contributed by atoms with E-state index in [0.717, 1.165) is 36.2 Å². The Morgan fingerprint density at radius 2 is 1.89 bits per heavy atom. The zero-order chi connectivity index (χ0) is 19.2. The van der Waals surface area contributed by atoms with Gasteiger partial charge in [0.1, 0.15) is 12.1 Å². The molecule has 0 amide bonds. The third-order valence-electron chi connectivity index (χ3n) is 4.87. The predicted molar refractivity (Wildman–Crippen MR) is 108 cm³/mol. The van der Waals surface area contributed by atoms with E-state index >= 15 is 0 Å². The summed E-state index contributed by atoms with van der Waals surface area (Å²) in [7, 11) is -3.32. The minimum Gasteiger partial charge on any atom is -0.349 e. The van der Waals surface area contributed by atoms with Crippen molar-refractivity contribution in [3.8, 4) is 0 Å². The second-order valence-electron chi connectivity index (χ2n) is 6.67. The van der Waals surface area contributed by atoms with Crippen LogP contribution in [0.2, 0.25) is 10.0 Å². The predicted octanol–water partition coefficient (Wildman–Crippen LogP) is 4.68. The standard InChI is InChI=1S/C19H17Cl2N3O2S/c1-27(25,26)13-5-7-17-14(10-13)19(23-11-22-17)24-8-2-3-18(24)12-4-6-15(20)16(21)9-12/h4-7,9-11,18H,2-3,8H2,1H3. The van der Waals surface area contributed by atoms with Crippen LogP contribution >= 0.6 is 23.2 Å². The smallest absolute Gasteiger partial charge is 0.175 e. The normalized spacial score (nSPS) is 17.6. The largest absolute Gasteiger partial charge is 0.349 e. The molecule has 140 valence electrons. The molecule has 0 aliphatic carbocycles. The van der Waals surface area contributed by atoms with Crippen molar-refractivity contribution in [2.45, 2.75) is 23.8 Å². The number of anilines is 1. The lowest BCUT2D eigenvalue weighted by molar-refractivity contribution is 0.602. The number of hydrogen-bond acceptors (Lipinski definition) is 5. The van der Waals surface area contributed by atoms with Gasteiger partial charge in [0.25, 0.3) is 0 Å². The van der Waals surface area contributed by atoms with Crippen molar-refractivity contribution in [2.24, 2.45) is 0 Å². The summed E-state index contributed by atoms with van der Waals surface area (Å²) in [6.45, 7) is 0.820. The molecule has 0 spiro atoms. The third-order valence-corrected chi connectivity index (χ3v) is 6.72. The van der Waals surface area contributed by atoms with Gasteiger partial charge >= 0.3 is 0 Å². The van der Waals surface area contributed by atoms with Crippen LogP contribution in [-0.2, 0) is 9.84 Å². The van der Waals surface area contributed by atoms with Crippen LogP contribution in [0.15, 0.2) is 47.6 Å². The second kappa shape index (κ2) is 6.93. The summed E-state index contributed by atoms with van der Waals surface area (Å²) in [4.78, 5) is 11.2. The van der Waals surface area contributed by atoms with Crippen molar-refractivity contribution in [3.05, 3.63) is 58.3 Å². The van der Waals surface area contributed by atoms with Crippen molar-refractivity contribution in [1.82, 2.24) is 9.97 Å². The average Bonchev–Trinajstić information content (AvgIpc) is 3.12. The number of nitrogens with zero attached hydrogens (tertiary/aromatic N) is 3. The molecule has 0 N–H and O–H groups in total. The highest BCUT2D eigenvalue weighted by molar-refractivity contribution is 7.90. The lowest BCUT2D eigenvalue weighted by atomic mass is 10.0. The summed E-state index contributed by atoms with van der Waals surface area (Å²) in [5, 5.41) is 1.77. The highest BCUT2D eigenvalue weighted by Gasteiger charge is 2.29. The van der Waals surface area contributed by atoms with Crippen molar-refractivity contribution in [1.29, 1.82) is 0 Å². The Morgan fingerprint density at radius 1 is 1.07 bits per heavy atom. The molecule has 1 aromatic heterocycles. The molecule has 5 nitrogen and oxygen atoms in total. The first-order valence-corrected chi connectivity index (χ1v) is 11.2. The Hall–Kier alpha value is -1.89. The van der Waals surface area contributed by atoms with Crippen LogP contribution < -0.4 is 4.90 Å². The zero-order valence-corrected chi connectivity index (χ0v) is 16.9. The van der Waals surface area contributed by atoms with Crippen LogP contribution in [0.4, 0.5) is 5.82 Å². The highest BCUT2D eigenvalue weighted by Crippen LogP contribution is 2.39. The Bertz CT molecular complexity index is 1140. The van der Waals surface area contributed by atoms with Gasteiger partial charge < -0.3 is 4.90 Å². The first kappa shape index (κ1) is 18.5. The maximum atomic E-state index is 12.0. The fourth-order valence-electron chi connectivity index (χ4n) is 3.57. The molecule has 0 bridgehead atoms. The second-order valence-corrected chi connectivity index (χ2v) is 9.50. The molecule has 2 aromatic carbocycles. The Kier molecular flexibility index (Phi) is 4.74. The first-order chi connectivity index (χ1) is 12.8. The first-order valence-electron chi connectivity index (χ1n) is 8.51. The molecule has 1 saturated heterocycles. The third kappa shape index (κ3) is 3.49. The minimum absolute atomic E-state index is 0.0970. The fraction of sp³-hybridized carbons (Fsp3) is 0.263. The summed E-state index contributed by atoms with van der Waals surface area (Å²) in [6, 6.07) is 10.7. The minimum atomic E-state index is -3.32. The summed E-state index contributed by atoms with van der Waals surface area (Å²) in [5.74, 6) is 0.735. The van der Waals surface area contributed by atoms with E-state index in [0.29, 0.717) is 15.6 Å². The Balaban J connectivity index is 1.83. The van der Waals surface area contributed by atoms with E-state index in [1.54, 1.807) is 24.3 Å². The topological polar surface area (TPSA) is 63.2 Å². The molecular weight excluding hydrogens is 405 g/mol. The molecule has 0 radical (unpaired) electrons. The molecule has 1 fully saturated rings. The van der Waals surface area contributed by atoms with E-state index in [1.807, 2.05) is 12.1 Å². The lowest BCUT2D eigenvalue weighted by Crippen LogP contribution is -2.24. The molecule has 2 heterocycles. The average molecular weight is 422 g/mol. The van der Waals surface area contributed by atoms with Crippen molar-refractivity contribution >= 4 is 49.8 Å². The maximum absolute atomic E-state index is 12.0. The van der Waals surface area contributed by atoms with Gasteiger partial charge in [-0.05, 0) is 48.7 Å². The van der Waals surface area contributed by atoms with Gasteiger partial charge in [-0.3, -0.25) is 0 Å². The molecule has 1 unspecified atom stereocenters. The number of rotatable bonds is 3. The molecule has 27 heavy (non-hydrogen) atoms. The van der Waals surface area contributed by atoms with Gasteiger partial charge in [0.05, 0.1) is 26.5 Å². The zero-order valence-electron chi connectivity index (χ0n) is 14.6. The summed E-state index contributed by atoms with van der Waals surface area (Å²) in [5.41, 5.74) is 1.78. The lowest BCUT2D eigenvalue weighted by Gasteiger charge is -2.27. The number of benzene rings is 2. The number of sulfone groups is 1. The fourth-order valence-corrected chi connectivity index (χ4v) is 4.52. The molecule has 1 aliphatic heterocycles. The molecular formula is C19H17Cl2N3O2S. The van der Waals surface area contributed by atoms with Crippen LogP contribution in [0.3, 0.4) is 0 Å². The molecule has 8 heteroatoms. The number of fused-ring (bicyclic) bond motifs is 1. The molecule has 1 aliphatic rings. The van der Waals surface area contributed by atoms with E-state index in [-0.39, 0.29) is 10.9 Å². The van der Waals surface area contributed by atoms with Crippen molar-refractivity contribution < 1.29 is 8.42 Å². The van der Waals surface area contributed by atoms with Gasteiger partial charge in [-0.2, -0.15) is 0 Å². The van der Waals surface area contributed by atoms with E-state index < -0.39 is 9.84 Å². The van der Waals surface area contributed by atoms with Crippen LogP contribution in [0.25, 0.3) is 10.9 Å². The van der Waals surface area contributed by atoms with Gasteiger partial charge in [-0.25, -0.2) is 18.4 Å². The van der Waals surface area contributed by atoms with E-state index in [2.05, 4.69) is 14.9 Å². The molecule has 1 atom stereocenters. The van der Waals surface area contributed by atoms with Gasteiger partial charge in [0.15, 0.2) is 9.84 Å². The van der Waals surface area contributed by atoms with E-state index in [9.17, 15) is 8.42 Å². The van der Waals surface area contributed by atoms with Crippen LogP contribution in [0.5, 0.6) is 0 Å².